The SMILES string of the molecule is CCCCCCCCC(CCCCCC)COC(=O)CCCCC(C)(C)C. The topological polar surface area (TPSA) is 26.3 Å². The molecule has 2 nitrogen and oxygen atoms in total. The third kappa shape index (κ3) is 20.0. The van der Waals surface area contributed by atoms with Gasteiger partial charge >= 0.3 is 5.97 Å². The Morgan fingerprint density at radius 3 is 1.81 bits per heavy atom. The van der Waals surface area contributed by atoms with Gasteiger partial charge in [0.05, 0.1) is 6.61 Å². The Bertz CT molecular complexity index is 330. The van der Waals surface area contributed by atoms with Crippen molar-refractivity contribution in [3.63, 3.8) is 0 Å². The van der Waals surface area contributed by atoms with E-state index in [9.17, 15) is 4.79 Å². The third-order valence-electron chi connectivity index (χ3n) is 5.47. The molecule has 0 aromatic rings. The summed E-state index contributed by atoms with van der Waals surface area (Å²) in [4.78, 5) is 12.1. The monoisotopic (exact) mass is 382 g/mol. The number of carbonyl (C=O) groups is 1. The molecule has 0 rings (SSSR count). The van der Waals surface area contributed by atoms with Crippen molar-refractivity contribution in [2.24, 2.45) is 11.3 Å². The van der Waals surface area contributed by atoms with Gasteiger partial charge in [-0.15, -0.1) is 0 Å². The van der Waals surface area contributed by atoms with Gasteiger partial charge in [-0.3, -0.25) is 4.79 Å². The maximum absolute atomic E-state index is 12.1. The fraction of sp³-hybridized carbons (Fsp3) is 0.960. The second-order valence-electron chi connectivity index (χ2n) is 9.72. The van der Waals surface area contributed by atoms with Crippen molar-refractivity contribution in [3.8, 4) is 0 Å². The number of unbranched alkanes of at least 4 members (excludes halogenated alkanes) is 9. The minimum Gasteiger partial charge on any atom is -0.465 e. The van der Waals surface area contributed by atoms with E-state index in [0.717, 1.165) is 12.8 Å². The first-order valence-electron chi connectivity index (χ1n) is 12.0. The van der Waals surface area contributed by atoms with Gasteiger partial charge in [-0.1, -0.05) is 105 Å². The first-order chi connectivity index (χ1) is 12.9. The molecule has 0 aromatic heterocycles. The van der Waals surface area contributed by atoms with Crippen molar-refractivity contribution in [1.29, 1.82) is 0 Å². The van der Waals surface area contributed by atoms with E-state index in [1.807, 2.05) is 0 Å². The minimum absolute atomic E-state index is 0.0189. The molecular formula is C25H50O2. The molecule has 162 valence electrons. The van der Waals surface area contributed by atoms with E-state index in [-0.39, 0.29) is 5.97 Å². The maximum Gasteiger partial charge on any atom is 0.305 e. The van der Waals surface area contributed by atoms with Crippen LogP contribution in [0.2, 0.25) is 0 Å². The molecule has 0 radical (unpaired) electrons. The van der Waals surface area contributed by atoms with Crippen LogP contribution in [0.25, 0.3) is 0 Å². The van der Waals surface area contributed by atoms with E-state index in [1.165, 1.54) is 83.5 Å². The van der Waals surface area contributed by atoms with Crippen LogP contribution < -0.4 is 0 Å². The van der Waals surface area contributed by atoms with Gasteiger partial charge in [-0.2, -0.15) is 0 Å². The molecule has 0 saturated carbocycles. The highest BCUT2D eigenvalue weighted by molar-refractivity contribution is 5.69. The number of rotatable bonds is 18. The molecular weight excluding hydrogens is 332 g/mol. The normalized spacial score (nSPS) is 12.9. The van der Waals surface area contributed by atoms with Crippen LogP contribution in [0.15, 0.2) is 0 Å². The van der Waals surface area contributed by atoms with E-state index >= 15 is 0 Å². The standard InChI is InChI=1S/C25H50O2/c1-6-8-10-12-13-15-19-23(18-14-11-9-7-2)22-27-24(26)20-16-17-21-25(3,4)5/h23H,6-22H2,1-5H3. The molecule has 0 N–H and O–H groups in total. The smallest absolute Gasteiger partial charge is 0.305 e. The van der Waals surface area contributed by atoms with Gasteiger partial charge in [-0.25, -0.2) is 0 Å². The lowest BCUT2D eigenvalue weighted by Crippen LogP contribution is -2.15. The lowest BCUT2D eigenvalue weighted by molar-refractivity contribution is -0.145. The van der Waals surface area contributed by atoms with Crippen LogP contribution in [0.4, 0.5) is 0 Å². The zero-order valence-corrected chi connectivity index (χ0v) is 19.4. The summed E-state index contributed by atoms with van der Waals surface area (Å²) in [6.45, 7) is 12.0. The summed E-state index contributed by atoms with van der Waals surface area (Å²) in [5.41, 5.74) is 0.366. The summed E-state index contributed by atoms with van der Waals surface area (Å²) in [5, 5.41) is 0. The number of ether oxygens (including phenoxy) is 1. The fourth-order valence-electron chi connectivity index (χ4n) is 3.59. The molecule has 27 heavy (non-hydrogen) atoms. The summed E-state index contributed by atoms with van der Waals surface area (Å²) in [6, 6.07) is 0. The molecule has 0 heterocycles. The molecule has 0 aromatic carbocycles. The Balaban J connectivity index is 3.99. The predicted octanol–water partition coefficient (Wildman–Crippen LogP) is 8.47. The van der Waals surface area contributed by atoms with Gasteiger partial charge in [0, 0.05) is 6.42 Å². The van der Waals surface area contributed by atoms with Crippen molar-refractivity contribution in [2.75, 3.05) is 6.61 Å². The molecule has 1 unspecified atom stereocenters. The van der Waals surface area contributed by atoms with E-state index in [1.54, 1.807) is 0 Å². The van der Waals surface area contributed by atoms with Crippen LogP contribution in [-0.2, 0) is 9.53 Å². The maximum atomic E-state index is 12.1. The second-order valence-corrected chi connectivity index (χ2v) is 9.72. The zero-order chi connectivity index (χ0) is 20.4. The van der Waals surface area contributed by atoms with Crippen LogP contribution in [0.5, 0.6) is 0 Å². The molecule has 0 amide bonds. The number of hydrogen-bond acceptors (Lipinski definition) is 2. The van der Waals surface area contributed by atoms with Gasteiger partial charge in [0.25, 0.3) is 0 Å². The number of carbonyl (C=O) groups excluding carboxylic acids is 1. The second kappa shape index (κ2) is 17.6. The van der Waals surface area contributed by atoms with Crippen LogP contribution in [0, 0.1) is 11.3 Å². The molecule has 0 spiro atoms. The van der Waals surface area contributed by atoms with Gasteiger partial charge < -0.3 is 4.74 Å². The molecule has 2 heteroatoms. The molecule has 0 saturated heterocycles. The van der Waals surface area contributed by atoms with Gasteiger partial charge in [0.15, 0.2) is 0 Å². The van der Waals surface area contributed by atoms with Gasteiger partial charge in [0.2, 0.25) is 0 Å². The third-order valence-corrected chi connectivity index (χ3v) is 5.47. The minimum atomic E-state index is 0.0189. The first-order valence-corrected chi connectivity index (χ1v) is 12.0. The molecule has 0 aliphatic heterocycles. The highest BCUT2D eigenvalue weighted by Crippen LogP contribution is 2.23. The highest BCUT2D eigenvalue weighted by atomic mass is 16.5. The Labute approximate surface area is 171 Å². The van der Waals surface area contributed by atoms with Crippen LogP contribution in [0.3, 0.4) is 0 Å². The van der Waals surface area contributed by atoms with Crippen LogP contribution >= 0.6 is 0 Å². The first kappa shape index (κ1) is 26.5. The molecule has 1 atom stereocenters. The lowest BCUT2D eigenvalue weighted by atomic mass is 9.89. The molecule has 0 aliphatic rings. The molecule has 0 bridgehead atoms. The Kier molecular flexibility index (Phi) is 17.2. The van der Waals surface area contributed by atoms with Gasteiger partial charge in [0.1, 0.15) is 0 Å². The Hall–Kier alpha value is -0.530. The van der Waals surface area contributed by atoms with Crippen molar-refractivity contribution < 1.29 is 9.53 Å². The average Bonchev–Trinajstić information content (AvgIpc) is 2.61. The summed E-state index contributed by atoms with van der Waals surface area (Å²) < 4.78 is 5.65. The quantitative estimate of drug-likeness (QED) is 0.175. The van der Waals surface area contributed by atoms with E-state index < -0.39 is 0 Å². The van der Waals surface area contributed by atoms with Crippen LogP contribution in [0.1, 0.15) is 137 Å². The highest BCUT2D eigenvalue weighted by Gasteiger charge is 2.13. The number of hydrogen-bond donors (Lipinski definition) is 0. The molecule has 0 aliphatic carbocycles. The van der Waals surface area contributed by atoms with Crippen molar-refractivity contribution in [2.45, 2.75) is 137 Å². The van der Waals surface area contributed by atoms with Crippen molar-refractivity contribution in [3.05, 3.63) is 0 Å². The van der Waals surface area contributed by atoms with Crippen LogP contribution in [-0.4, -0.2) is 12.6 Å². The van der Waals surface area contributed by atoms with E-state index in [0.29, 0.717) is 24.4 Å². The number of esters is 1. The van der Waals surface area contributed by atoms with Gasteiger partial charge in [-0.05, 0) is 37.0 Å². The zero-order valence-electron chi connectivity index (χ0n) is 19.4. The summed E-state index contributed by atoms with van der Waals surface area (Å²) in [6.07, 6.45) is 19.6. The summed E-state index contributed by atoms with van der Waals surface area (Å²) in [7, 11) is 0. The van der Waals surface area contributed by atoms with Crippen molar-refractivity contribution >= 4 is 5.97 Å². The predicted molar refractivity (Wildman–Crippen MR) is 119 cm³/mol. The lowest BCUT2D eigenvalue weighted by Gasteiger charge is -2.18. The summed E-state index contributed by atoms with van der Waals surface area (Å²) >= 11 is 0. The van der Waals surface area contributed by atoms with E-state index in [2.05, 4.69) is 34.6 Å². The molecule has 0 fully saturated rings. The largest absolute Gasteiger partial charge is 0.465 e. The van der Waals surface area contributed by atoms with Crippen molar-refractivity contribution in [1.82, 2.24) is 0 Å². The van der Waals surface area contributed by atoms with E-state index in [4.69, 9.17) is 4.74 Å². The Morgan fingerprint density at radius 1 is 0.741 bits per heavy atom. The summed E-state index contributed by atoms with van der Waals surface area (Å²) in [5.74, 6) is 0.594. The Morgan fingerprint density at radius 2 is 1.26 bits per heavy atom. The fourth-order valence-corrected chi connectivity index (χ4v) is 3.59. The average molecular weight is 383 g/mol.